The molecule has 0 aliphatic carbocycles. The van der Waals surface area contributed by atoms with Crippen LogP contribution in [0.4, 0.5) is 18.9 Å². The van der Waals surface area contributed by atoms with Gasteiger partial charge in [0.1, 0.15) is 0 Å². The number of nitrogens with zero attached hydrogens (tertiary/aromatic N) is 1. The summed E-state index contributed by atoms with van der Waals surface area (Å²) >= 11 is 0. The zero-order chi connectivity index (χ0) is 16.6. The highest BCUT2D eigenvalue weighted by Gasteiger charge is 2.30. The summed E-state index contributed by atoms with van der Waals surface area (Å²) in [6.07, 6.45) is -2.69. The number of fused-ring (bicyclic) bond motifs is 1. The van der Waals surface area contributed by atoms with E-state index >= 15 is 0 Å². The molecular formula is C17H13F3N2O. The molecule has 0 atom stereocenters. The summed E-state index contributed by atoms with van der Waals surface area (Å²) in [6, 6.07) is 11.8. The molecule has 0 aliphatic rings. The van der Waals surface area contributed by atoms with E-state index in [9.17, 15) is 18.0 Å². The lowest BCUT2D eigenvalue weighted by molar-refractivity contribution is -0.137. The van der Waals surface area contributed by atoms with Crippen molar-refractivity contribution in [2.75, 3.05) is 5.32 Å². The number of hydrogen-bond acceptors (Lipinski definition) is 1. The van der Waals surface area contributed by atoms with E-state index in [1.165, 1.54) is 12.1 Å². The maximum absolute atomic E-state index is 12.5. The predicted octanol–water partition coefficient (Wildman–Crippen LogP) is 4.45. The Morgan fingerprint density at radius 3 is 2.35 bits per heavy atom. The van der Waals surface area contributed by atoms with E-state index in [1.54, 1.807) is 6.20 Å². The molecule has 3 aromatic rings. The van der Waals surface area contributed by atoms with Gasteiger partial charge in [0.05, 0.1) is 11.1 Å². The van der Waals surface area contributed by atoms with E-state index < -0.39 is 11.7 Å². The minimum absolute atomic E-state index is 0.316. The van der Waals surface area contributed by atoms with Gasteiger partial charge in [-0.2, -0.15) is 13.2 Å². The van der Waals surface area contributed by atoms with Crippen LogP contribution in [0.5, 0.6) is 0 Å². The van der Waals surface area contributed by atoms with E-state index in [1.807, 2.05) is 35.9 Å². The van der Waals surface area contributed by atoms with E-state index in [0.717, 1.165) is 23.0 Å². The van der Waals surface area contributed by atoms with Gasteiger partial charge in [-0.25, -0.2) is 0 Å². The highest BCUT2D eigenvalue weighted by molar-refractivity contribution is 6.12. The van der Waals surface area contributed by atoms with Crippen LogP contribution in [0.3, 0.4) is 0 Å². The molecule has 0 saturated carbocycles. The second kappa shape index (κ2) is 5.46. The number of aromatic nitrogens is 1. The van der Waals surface area contributed by atoms with Gasteiger partial charge in [0.2, 0.25) is 0 Å². The van der Waals surface area contributed by atoms with Gasteiger partial charge in [0.25, 0.3) is 5.91 Å². The van der Waals surface area contributed by atoms with Gasteiger partial charge in [-0.3, -0.25) is 4.79 Å². The lowest BCUT2D eigenvalue weighted by atomic mass is 10.1. The number of amides is 1. The number of carbonyl (C=O) groups excluding carboxylic acids is 1. The van der Waals surface area contributed by atoms with Gasteiger partial charge in [-0.1, -0.05) is 18.2 Å². The van der Waals surface area contributed by atoms with Crippen LogP contribution in [0.2, 0.25) is 0 Å². The number of benzene rings is 2. The van der Waals surface area contributed by atoms with Crippen molar-refractivity contribution in [1.82, 2.24) is 4.57 Å². The number of hydrogen-bond donors (Lipinski definition) is 1. The Bertz CT molecular complexity index is 864. The molecule has 6 heteroatoms. The van der Waals surface area contributed by atoms with Gasteiger partial charge in [-0.05, 0) is 30.3 Å². The Morgan fingerprint density at radius 1 is 1.04 bits per heavy atom. The highest BCUT2D eigenvalue weighted by atomic mass is 19.4. The van der Waals surface area contributed by atoms with Gasteiger partial charge < -0.3 is 9.88 Å². The molecule has 0 aliphatic heterocycles. The summed E-state index contributed by atoms with van der Waals surface area (Å²) < 4.78 is 39.4. The normalized spacial score (nSPS) is 11.7. The third kappa shape index (κ3) is 2.92. The van der Waals surface area contributed by atoms with Crippen LogP contribution < -0.4 is 5.32 Å². The summed E-state index contributed by atoms with van der Waals surface area (Å²) in [7, 11) is 1.83. The molecule has 0 spiro atoms. The molecule has 118 valence electrons. The fourth-order valence-electron chi connectivity index (χ4n) is 2.46. The van der Waals surface area contributed by atoms with Crippen LogP contribution in [0, 0.1) is 0 Å². The van der Waals surface area contributed by atoms with Gasteiger partial charge >= 0.3 is 6.18 Å². The molecular weight excluding hydrogens is 305 g/mol. The number of halogens is 3. The van der Waals surface area contributed by atoms with Crippen molar-refractivity contribution in [2.24, 2.45) is 7.05 Å². The van der Waals surface area contributed by atoms with Crippen LogP contribution in [-0.4, -0.2) is 10.5 Å². The number of aryl methyl sites for hydroxylation is 1. The maximum atomic E-state index is 12.5. The molecule has 3 rings (SSSR count). The molecule has 3 nitrogen and oxygen atoms in total. The number of anilines is 1. The zero-order valence-electron chi connectivity index (χ0n) is 12.2. The molecule has 0 bridgehead atoms. The van der Waals surface area contributed by atoms with Crippen molar-refractivity contribution < 1.29 is 18.0 Å². The lowest BCUT2D eigenvalue weighted by Gasteiger charge is -2.08. The molecule has 1 heterocycles. The van der Waals surface area contributed by atoms with Crippen LogP contribution in [0.25, 0.3) is 10.9 Å². The smallest absolute Gasteiger partial charge is 0.350 e. The van der Waals surface area contributed by atoms with Gasteiger partial charge in [0, 0.05) is 29.8 Å². The first-order valence-electron chi connectivity index (χ1n) is 6.89. The fourth-order valence-corrected chi connectivity index (χ4v) is 2.46. The third-order valence-corrected chi connectivity index (χ3v) is 3.61. The molecule has 23 heavy (non-hydrogen) atoms. The number of carbonyl (C=O) groups is 1. The minimum atomic E-state index is -4.39. The standard InChI is InChI=1S/C17H13F3N2O/c1-22-10-14(13-4-2-3-5-15(13)22)16(23)21-12-8-6-11(7-9-12)17(18,19)20/h2-10H,1H3,(H,21,23). The van der Waals surface area contributed by atoms with Crippen LogP contribution in [0.15, 0.2) is 54.7 Å². The number of alkyl halides is 3. The average molecular weight is 318 g/mol. The first-order valence-corrected chi connectivity index (χ1v) is 6.89. The minimum Gasteiger partial charge on any atom is -0.350 e. The van der Waals surface area contributed by atoms with Crippen molar-refractivity contribution in [2.45, 2.75) is 6.18 Å². The molecule has 2 aromatic carbocycles. The topological polar surface area (TPSA) is 34.0 Å². The molecule has 0 saturated heterocycles. The molecule has 1 N–H and O–H groups in total. The zero-order valence-corrected chi connectivity index (χ0v) is 12.2. The Hall–Kier alpha value is -2.76. The SMILES string of the molecule is Cn1cc(C(=O)Nc2ccc(C(F)(F)F)cc2)c2ccccc21. The Balaban J connectivity index is 1.86. The van der Waals surface area contributed by atoms with Crippen molar-refractivity contribution in [3.8, 4) is 0 Å². The van der Waals surface area contributed by atoms with E-state index in [2.05, 4.69) is 5.32 Å². The van der Waals surface area contributed by atoms with E-state index in [4.69, 9.17) is 0 Å². The summed E-state index contributed by atoms with van der Waals surface area (Å²) in [5, 5.41) is 3.41. The average Bonchev–Trinajstić information content (AvgIpc) is 2.85. The summed E-state index contributed by atoms with van der Waals surface area (Å²) in [4.78, 5) is 12.4. The molecule has 0 radical (unpaired) electrons. The molecule has 0 unspecified atom stereocenters. The Kier molecular flexibility index (Phi) is 3.60. The molecule has 1 aromatic heterocycles. The highest BCUT2D eigenvalue weighted by Crippen LogP contribution is 2.30. The number of rotatable bonds is 2. The van der Waals surface area contributed by atoms with Crippen molar-refractivity contribution >= 4 is 22.5 Å². The van der Waals surface area contributed by atoms with Crippen LogP contribution in [-0.2, 0) is 13.2 Å². The van der Waals surface area contributed by atoms with Crippen LogP contribution >= 0.6 is 0 Å². The fraction of sp³-hybridized carbons (Fsp3) is 0.118. The first kappa shape index (κ1) is 15.1. The molecule has 1 amide bonds. The second-order valence-electron chi connectivity index (χ2n) is 5.20. The lowest BCUT2D eigenvalue weighted by Crippen LogP contribution is -2.12. The third-order valence-electron chi connectivity index (χ3n) is 3.61. The monoisotopic (exact) mass is 318 g/mol. The van der Waals surface area contributed by atoms with E-state index in [-0.39, 0.29) is 5.91 Å². The van der Waals surface area contributed by atoms with E-state index in [0.29, 0.717) is 11.3 Å². The second-order valence-corrected chi connectivity index (χ2v) is 5.20. The van der Waals surface area contributed by atoms with Gasteiger partial charge in [0.15, 0.2) is 0 Å². The maximum Gasteiger partial charge on any atom is 0.416 e. The first-order chi connectivity index (χ1) is 10.9. The van der Waals surface area contributed by atoms with Gasteiger partial charge in [-0.15, -0.1) is 0 Å². The summed E-state index contributed by atoms with van der Waals surface area (Å²) in [5.74, 6) is -0.360. The van der Waals surface area contributed by atoms with Crippen molar-refractivity contribution in [3.63, 3.8) is 0 Å². The summed E-state index contributed by atoms with van der Waals surface area (Å²) in [5.41, 5.74) is 0.949. The number of para-hydroxylation sites is 1. The van der Waals surface area contributed by atoms with Crippen molar-refractivity contribution in [3.05, 3.63) is 65.9 Å². The van der Waals surface area contributed by atoms with Crippen molar-refractivity contribution in [1.29, 1.82) is 0 Å². The quantitative estimate of drug-likeness (QED) is 0.744. The largest absolute Gasteiger partial charge is 0.416 e. The van der Waals surface area contributed by atoms with Crippen LogP contribution in [0.1, 0.15) is 15.9 Å². The molecule has 0 fully saturated rings. The summed E-state index contributed by atoms with van der Waals surface area (Å²) in [6.45, 7) is 0. The predicted molar refractivity (Wildman–Crippen MR) is 82.3 cm³/mol. The Morgan fingerprint density at radius 2 is 1.70 bits per heavy atom. The number of nitrogens with one attached hydrogen (secondary N) is 1. The Labute approximate surface area is 130 Å².